The molecule has 0 N–H and O–H groups in total. The minimum Gasteiger partial charge on any atom is -0.299 e. The van der Waals surface area contributed by atoms with Gasteiger partial charge in [-0.1, -0.05) is 20.8 Å². The van der Waals surface area contributed by atoms with Gasteiger partial charge in [0.2, 0.25) is 0 Å². The molecule has 1 unspecified atom stereocenters. The van der Waals surface area contributed by atoms with Gasteiger partial charge in [0, 0.05) is 11.7 Å². The van der Waals surface area contributed by atoms with Gasteiger partial charge in [-0.2, -0.15) is 0 Å². The molecule has 0 aromatic carbocycles. The van der Waals surface area contributed by atoms with Crippen molar-refractivity contribution in [3.63, 3.8) is 0 Å². The summed E-state index contributed by atoms with van der Waals surface area (Å²) in [6.07, 6.45) is 0.786. The number of hydrogen-bond acceptors (Lipinski definition) is 2. The summed E-state index contributed by atoms with van der Waals surface area (Å²) in [7, 11) is 0. The lowest BCUT2D eigenvalue weighted by molar-refractivity contribution is -0.116. The van der Waals surface area contributed by atoms with E-state index in [0.717, 1.165) is 12.2 Å². The van der Waals surface area contributed by atoms with E-state index in [2.05, 4.69) is 20.8 Å². The Morgan fingerprint density at radius 1 is 1.50 bits per heavy atom. The maximum absolute atomic E-state index is 10.9. The molecule has 1 heterocycles. The predicted molar refractivity (Wildman–Crippen MR) is 45.3 cm³/mol. The van der Waals surface area contributed by atoms with Crippen LogP contribution >= 0.6 is 11.8 Å². The molecular formula is C8H14OS. The van der Waals surface area contributed by atoms with Crippen molar-refractivity contribution in [3.05, 3.63) is 0 Å². The summed E-state index contributed by atoms with van der Waals surface area (Å²) in [5.41, 5.74) is 0.302. The van der Waals surface area contributed by atoms with Crippen LogP contribution < -0.4 is 0 Å². The van der Waals surface area contributed by atoms with Gasteiger partial charge in [-0.15, -0.1) is 11.8 Å². The molecule has 58 valence electrons. The summed E-state index contributed by atoms with van der Waals surface area (Å²) in [6.45, 7) is 6.59. The van der Waals surface area contributed by atoms with Crippen molar-refractivity contribution in [2.75, 3.05) is 5.75 Å². The topological polar surface area (TPSA) is 17.1 Å². The Bertz CT molecular complexity index is 146. The number of Topliss-reactive ketones (excluding diaryl/α,β-unsaturated/α-hetero) is 1. The molecule has 0 radical (unpaired) electrons. The van der Waals surface area contributed by atoms with Crippen LogP contribution in [-0.2, 0) is 4.79 Å². The molecule has 2 heteroatoms. The maximum atomic E-state index is 10.9. The van der Waals surface area contributed by atoms with E-state index in [1.165, 1.54) is 0 Å². The lowest BCUT2D eigenvalue weighted by Gasteiger charge is -2.24. The van der Waals surface area contributed by atoms with Crippen molar-refractivity contribution in [1.82, 2.24) is 0 Å². The second-order valence-corrected chi connectivity index (χ2v) is 5.10. The van der Waals surface area contributed by atoms with Gasteiger partial charge in [0.15, 0.2) is 0 Å². The molecule has 0 amide bonds. The SMILES string of the molecule is CC(C)(C)C1CC(=O)CS1. The number of thioether (sulfide) groups is 1. The van der Waals surface area contributed by atoms with Crippen LogP contribution in [0, 0.1) is 5.41 Å². The summed E-state index contributed by atoms with van der Waals surface area (Å²) < 4.78 is 0. The fourth-order valence-corrected chi connectivity index (χ4v) is 2.38. The van der Waals surface area contributed by atoms with E-state index in [0.29, 0.717) is 16.4 Å². The molecule has 1 saturated heterocycles. The Morgan fingerprint density at radius 2 is 2.10 bits per heavy atom. The molecule has 1 aliphatic rings. The van der Waals surface area contributed by atoms with E-state index in [1.807, 2.05) is 11.8 Å². The monoisotopic (exact) mass is 158 g/mol. The third-order valence-electron chi connectivity index (χ3n) is 1.82. The lowest BCUT2D eigenvalue weighted by atomic mass is 9.89. The minimum atomic E-state index is 0.302. The number of carbonyl (C=O) groups excluding carboxylic acids is 1. The Balaban J connectivity index is 2.53. The number of ketones is 1. The van der Waals surface area contributed by atoms with Crippen LogP contribution in [0.2, 0.25) is 0 Å². The Hall–Kier alpha value is 0.0200. The first-order valence-corrected chi connectivity index (χ1v) is 4.68. The van der Waals surface area contributed by atoms with Gasteiger partial charge in [0.1, 0.15) is 5.78 Å². The summed E-state index contributed by atoms with van der Waals surface area (Å²) >= 11 is 1.81. The van der Waals surface area contributed by atoms with Gasteiger partial charge >= 0.3 is 0 Å². The molecule has 0 spiro atoms. The smallest absolute Gasteiger partial charge is 0.143 e. The summed E-state index contributed by atoms with van der Waals surface area (Å²) in [6, 6.07) is 0. The van der Waals surface area contributed by atoms with Gasteiger partial charge < -0.3 is 0 Å². The maximum Gasteiger partial charge on any atom is 0.143 e. The van der Waals surface area contributed by atoms with E-state index < -0.39 is 0 Å². The second-order valence-electron chi connectivity index (χ2n) is 3.91. The van der Waals surface area contributed by atoms with Crippen molar-refractivity contribution in [2.24, 2.45) is 5.41 Å². The molecule has 0 aromatic rings. The zero-order chi connectivity index (χ0) is 7.78. The summed E-state index contributed by atoms with van der Waals surface area (Å²) in [5, 5.41) is 0.556. The van der Waals surface area contributed by atoms with Crippen LogP contribution in [0.25, 0.3) is 0 Å². The molecule has 1 atom stereocenters. The van der Waals surface area contributed by atoms with Crippen LogP contribution in [0.4, 0.5) is 0 Å². The third-order valence-corrected chi connectivity index (χ3v) is 3.59. The molecule has 1 rings (SSSR count). The van der Waals surface area contributed by atoms with Crippen molar-refractivity contribution in [2.45, 2.75) is 32.4 Å². The fourth-order valence-electron chi connectivity index (χ4n) is 1.07. The van der Waals surface area contributed by atoms with Crippen molar-refractivity contribution < 1.29 is 4.79 Å². The van der Waals surface area contributed by atoms with Gasteiger partial charge in [-0.3, -0.25) is 4.79 Å². The van der Waals surface area contributed by atoms with Crippen LogP contribution in [-0.4, -0.2) is 16.8 Å². The molecule has 1 fully saturated rings. The highest BCUT2D eigenvalue weighted by Gasteiger charge is 2.32. The highest BCUT2D eigenvalue weighted by molar-refractivity contribution is 8.01. The molecule has 0 saturated carbocycles. The molecule has 10 heavy (non-hydrogen) atoms. The molecular weight excluding hydrogens is 144 g/mol. The van der Waals surface area contributed by atoms with E-state index >= 15 is 0 Å². The van der Waals surface area contributed by atoms with Gasteiger partial charge in [-0.05, 0) is 5.41 Å². The zero-order valence-corrected chi connectivity index (χ0v) is 7.62. The average molecular weight is 158 g/mol. The standard InChI is InChI=1S/C8H14OS/c1-8(2,3)7-4-6(9)5-10-7/h7H,4-5H2,1-3H3. The minimum absolute atomic E-state index is 0.302. The fraction of sp³-hybridized carbons (Fsp3) is 0.875. The van der Waals surface area contributed by atoms with E-state index in [9.17, 15) is 4.79 Å². The second kappa shape index (κ2) is 2.57. The number of hydrogen-bond donors (Lipinski definition) is 0. The molecule has 1 aliphatic heterocycles. The predicted octanol–water partition coefficient (Wildman–Crippen LogP) is 2.11. The first-order valence-electron chi connectivity index (χ1n) is 3.63. The molecule has 0 bridgehead atoms. The van der Waals surface area contributed by atoms with Crippen LogP contribution in [0.1, 0.15) is 27.2 Å². The average Bonchev–Trinajstić information content (AvgIpc) is 2.11. The first kappa shape index (κ1) is 8.12. The number of rotatable bonds is 0. The van der Waals surface area contributed by atoms with Crippen LogP contribution in [0.3, 0.4) is 0 Å². The van der Waals surface area contributed by atoms with Gasteiger partial charge in [0.25, 0.3) is 0 Å². The van der Waals surface area contributed by atoms with E-state index in [-0.39, 0.29) is 0 Å². The van der Waals surface area contributed by atoms with Gasteiger partial charge in [-0.25, -0.2) is 0 Å². The van der Waals surface area contributed by atoms with Crippen LogP contribution in [0.5, 0.6) is 0 Å². The normalized spacial score (nSPS) is 27.5. The quantitative estimate of drug-likeness (QED) is 0.537. The van der Waals surface area contributed by atoms with Gasteiger partial charge in [0.05, 0.1) is 5.75 Å². The van der Waals surface area contributed by atoms with Crippen LogP contribution in [0.15, 0.2) is 0 Å². The lowest BCUT2D eigenvalue weighted by Crippen LogP contribution is -2.20. The molecule has 0 aliphatic carbocycles. The van der Waals surface area contributed by atoms with E-state index in [4.69, 9.17) is 0 Å². The van der Waals surface area contributed by atoms with Crippen molar-refractivity contribution >= 4 is 17.5 Å². The van der Waals surface area contributed by atoms with E-state index in [1.54, 1.807) is 0 Å². The first-order chi connectivity index (χ1) is 4.50. The Morgan fingerprint density at radius 3 is 2.30 bits per heavy atom. The molecule has 0 aromatic heterocycles. The number of carbonyl (C=O) groups is 1. The van der Waals surface area contributed by atoms with Crippen molar-refractivity contribution in [3.8, 4) is 0 Å². The molecule has 1 nitrogen and oxygen atoms in total. The largest absolute Gasteiger partial charge is 0.299 e. The highest BCUT2D eigenvalue weighted by atomic mass is 32.2. The summed E-state index contributed by atoms with van der Waals surface area (Å²) in [4.78, 5) is 10.9. The Kier molecular flexibility index (Phi) is 2.09. The Labute approximate surface area is 66.6 Å². The summed E-state index contributed by atoms with van der Waals surface area (Å²) in [5.74, 6) is 1.16. The van der Waals surface area contributed by atoms with Crippen molar-refractivity contribution in [1.29, 1.82) is 0 Å². The highest BCUT2D eigenvalue weighted by Crippen LogP contribution is 2.37. The zero-order valence-electron chi connectivity index (χ0n) is 6.81. The third kappa shape index (κ3) is 1.75.